The summed E-state index contributed by atoms with van der Waals surface area (Å²) in [5, 5.41) is 4.31. The maximum atomic E-state index is 6.33. The molecule has 0 aliphatic carbocycles. The van der Waals surface area contributed by atoms with Crippen LogP contribution in [0, 0.1) is 0 Å². The van der Waals surface area contributed by atoms with Crippen LogP contribution in [0.1, 0.15) is 0 Å². The summed E-state index contributed by atoms with van der Waals surface area (Å²) in [6.07, 6.45) is 0. The Morgan fingerprint density at radius 2 is 1.09 bits per heavy atom. The lowest BCUT2D eigenvalue weighted by Crippen LogP contribution is -1.94. The highest BCUT2D eigenvalue weighted by Crippen LogP contribution is 2.40. The molecule has 0 spiro atoms. The highest BCUT2D eigenvalue weighted by atomic mass is 16.3. The smallest absolute Gasteiger partial charge is 0.231 e. The van der Waals surface area contributed by atoms with E-state index in [1.54, 1.807) is 0 Å². The first-order valence-corrected chi connectivity index (χ1v) is 11.7. The molecule has 0 unspecified atom stereocenters. The minimum atomic E-state index is 0.604. The zero-order valence-corrected chi connectivity index (χ0v) is 18.8. The lowest BCUT2D eigenvalue weighted by Gasteiger charge is -2.08. The summed E-state index contributed by atoms with van der Waals surface area (Å²) < 4.78 is 6.33. The number of furan rings is 1. The Bertz CT molecular complexity index is 1820. The van der Waals surface area contributed by atoms with Gasteiger partial charge in [-0.1, -0.05) is 115 Å². The number of hydrogen-bond donors (Lipinski definition) is 0. The van der Waals surface area contributed by atoms with E-state index in [2.05, 4.69) is 78.9 Å². The van der Waals surface area contributed by atoms with Crippen molar-refractivity contribution in [3.8, 4) is 33.8 Å². The van der Waals surface area contributed by atoms with Crippen LogP contribution in [0.5, 0.6) is 0 Å². The maximum absolute atomic E-state index is 6.33. The second kappa shape index (κ2) is 7.93. The molecule has 35 heavy (non-hydrogen) atoms. The largest absolute Gasteiger partial charge is 0.438 e. The summed E-state index contributed by atoms with van der Waals surface area (Å²) >= 11 is 0. The van der Waals surface area contributed by atoms with Gasteiger partial charge in [-0.25, -0.2) is 4.98 Å². The van der Waals surface area contributed by atoms with Crippen molar-refractivity contribution in [1.82, 2.24) is 9.97 Å². The number of aromatic nitrogens is 2. The minimum Gasteiger partial charge on any atom is -0.438 e. The van der Waals surface area contributed by atoms with Crippen LogP contribution in [0.3, 0.4) is 0 Å². The van der Waals surface area contributed by atoms with E-state index in [0.29, 0.717) is 11.5 Å². The quantitative estimate of drug-likeness (QED) is 0.272. The average molecular weight is 449 g/mol. The Kier molecular flexibility index (Phi) is 4.46. The average Bonchev–Trinajstić information content (AvgIpc) is 3.33. The molecule has 0 aliphatic heterocycles. The highest BCUT2D eigenvalue weighted by Gasteiger charge is 2.19. The highest BCUT2D eigenvalue weighted by molar-refractivity contribution is 6.21. The molecular weight excluding hydrogens is 428 g/mol. The number of benzene rings is 5. The van der Waals surface area contributed by atoms with Gasteiger partial charge >= 0.3 is 0 Å². The molecule has 0 atom stereocenters. The fraction of sp³-hybridized carbons (Fsp3) is 0. The van der Waals surface area contributed by atoms with E-state index in [-0.39, 0.29) is 0 Å². The van der Waals surface area contributed by atoms with Gasteiger partial charge in [0.25, 0.3) is 0 Å². The maximum Gasteiger partial charge on any atom is 0.231 e. The summed E-state index contributed by atoms with van der Waals surface area (Å²) in [5.74, 6) is 0.656. The van der Waals surface area contributed by atoms with Gasteiger partial charge in [0.15, 0.2) is 5.82 Å². The van der Waals surface area contributed by atoms with Crippen LogP contribution >= 0.6 is 0 Å². The third-order valence-electron chi connectivity index (χ3n) is 6.52. The SMILES string of the molecule is c1ccc(-c2ccc(-c3nc(-c4ccccc4)nc4oc5ccc6ccccc6c5c34)cc2)cc1. The van der Waals surface area contributed by atoms with Gasteiger partial charge in [0.05, 0.1) is 11.1 Å². The Morgan fingerprint density at radius 1 is 0.457 bits per heavy atom. The molecule has 0 saturated carbocycles. The van der Waals surface area contributed by atoms with Crippen LogP contribution in [0.25, 0.3) is 66.6 Å². The van der Waals surface area contributed by atoms with Crippen molar-refractivity contribution in [3.05, 3.63) is 121 Å². The molecule has 2 heterocycles. The molecule has 164 valence electrons. The Balaban J connectivity index is 1.53. The number of hydrogen-bond acceptors (Lipinski definition) is 3. The van der Waals surface area contributed by atoms with Gasteiger partial charge in [-0.05, 0) is 28.0 Å². The van der Waals surface area contributed by atoms with Gasteiger partial charge in [0.1, 0.15) is 5.58 Å². The third-order valence-corrected chi connectivity index (χ3v) is 6.52. The van der Waals surface area contributed by atoms with Gasteiger partial charge < -0.3 is 4.42 Å². The Labute approximate surface area is 202 Å². The van der Waals surface area contributed by atoms with Gasteiger partial charge in [-0.2, -0.15) is 4.98 Å². The zero-order valence-electron chi connectivity index (χ0n) is 18.8. The van der Waals surface area contributed by atoms with Crippen LogP contribution < -0.4 is 0 Å². The molecule has 5 aromatic carbocycles. The molecule has 7 rings (SSSR count). The number of rotatable bonds is 3. The van der Waals surface area contributed by atoms with Crippen LogP contribution in [0.4, 0.5) is 0 Å². The fourth-order valence-electron chi connectivity index (χ4n) is 4.81. The molecule has 7 aromatic rings. The normalized spacial score (nSPS) is 11.4. The molecule has 0 amide bonds. The minimum absolute atomic E-state index is 0.604. The molecule has 3 nitrogen and oxygen atoms in total. The van der Waals surface area contributed by atoms with Crippen molar-refractivity contribution in [2.75, 3.05) is 0 Å². The van der Waals surface area contributed by atoms with E-state index < -0.39 is 0 Å². The third kappa shape index (κ3) is 3.29. The molecule has 0 fully saturated rings. The second-order valence-corrected chi connectivity index (χ2v) is 8.65. The van der Waals surface area contributed by atoms with Crippen molar-refractivity contribution >= 4 is 32.8 Å². The van der Waals surface area contributed by atoms with E-state index >= 15 is 0 Å². The number of nitrogens with zero attached hydrogens (tertiary/aromatic N) is 2. The van der Waals surface area contributed by atoms with E-state index in [9.17, 15) is 0 Å². The molecule has 0 saturated heterocycles. The van der Waals surface area contributed by atoms with Crippen molar-refractivity contribution < 1.29 is 4.42 Å². The summed E-state index contributed by atoms with van der Waals surface area (Å²) in [5.41, 5.74) is 6.66. The van der Waals surface area contributed by atoms with E-state index in [1.165, 1.54) is 16.5 Å². The fourth-order valence-corrected chi connectivity index (χ4v) is 4.81. The van der Waals surface area contributed by atoms with E-state index in [1.807, 2.05) is 42.5 Å². The first-order chi connectivity index (χ1) is 17.3. The molecule has 3 heteroatoms. The molecular formula is C32H20N2O. The van der Waals surface area contributed by atoms with Crippen LogP contribution in [-0.2, 0) is 0 Å². The molecule has 0 aliphatic rings. The van der Waals surface area contributed by atoms with Crippen LogP contribution in [-0.4, -0.2) is 9.97 Å². The van der Waals surface area contributed by atoms with Gasteiger partial charge in [0, 0.05) is 16.5 Å². The lowest BCUT2D eigenvalue weighted by atomic mass is 9.99. The lowest BCUT2D eigenvalue weighted by molar-refractivity contribution is 0.654. The summed E-state index contributed by atoms with van der Waals surface area (Å²) in [7, 11) is 0. The van der Waals surface area contributed by atoms with Crippen molar-refractivity contribution in [3.63, 3.8) is 0 Å². The predicted molar refractivity (Wildman–Crippen MR) is 143 cm³/mol. The van der Waals surface area contributed by atoms with Gasteiger partial charge in [-0.15, -0.1) is 0 Å². The molecule has 0 radical (unpaired) electrons. The topological polar surface area (TPSA) is 38.9 Å². The monoisotopic (exact) mass is 448 g/mol. The van der Waals surface area contributed by atoms with Crippen LogP contribution in [0.2, 0.25) is 0 Å². The molecule has 2 aromatic heterocycles. The van der Waals surface area contributed by atoms with Gasteiger partial charge in [0.2, 0.25) is 5.71 Å². The molecule has 0 bridgehead atoms. The standard InChI is InChI=1S/C32H20N2O/c1-3-9-21(10-4-1)22-15-17-24(18-16-22)30-29-28-26-14-8-7-11-23(26)19-20-27(28)35-32(29)34-31(33-30)25-12-5-2-6-13-25/h1-20H. The first kappa shape index (κ1) is 19.7. The Hall–Kier alpha value is -4.76. The van der Waals surface area contributed by atoms with Crippen molar-refractivity contribution in [2.24, 2.45) is 0 Å². The van der Waals surface area contributed by atoms with Gasteiger partial charge in [-0.3, -0.25) is 0 Å². The Morgan fingerprint density at radius 3 is 1.86 bits per heavy atom. The molecule has 0 N–H and O–H groups in total. The summed E-state index contributed by atoms with van der Waals surface area (Å²) in [4.78, 5) is 9.96. The van der Waals surface area contributed by atoms with E-state index in [0.717, 1.165) is 38.6 Å². The van der Waals surface area contributed by atoms with E-state index in [4.69, 9.17) is 14.4 Å². The van der Waals surface area contributed by atoms with Crippen molar-refractivity contribution in [1.29, 1.82) is 0 Å². The summed E-state index contributed by atoms with van der Waals surface area (Å²) in [6, 6.07) is 41.6. The first-order valence-electron chi connectivity index (χ1n) is 11.7. The predicted octanol–water partition coefficient (Wildman–Crippen LogP) is 8.53. The second-order valence-electron chi connectivity index (χ2n) is 8.65. The van der Waals surface area contributed by atoms with Crippen LogP contribution in [0.15, 0.2) is 126 Å². The zero-order chi connectivity index (χ0) is 23.2. The summed E-state index contributed by atoms with van der Waals surface area (Å²) in [6.45, 7) is 0. The number of fused-ring (bicyclic) bond motifs is 5. The van der Waals surface area contributed by atoms with Crippen molar-refractivity contribution in [2.45, 2.75) is 0 Å².